The Morgan fingerprint density at radius 1 is 0.633 bits per heavy atom. The minimum Gasteiger partial charge on any atom is -0.870 e. The average Bonchev–Trinajstić information content (AvgIpc) is 3.06. The van der Waals surface area contributed by atoms with E-state index in [1.54, 1.807) is 19.9 Å². The minimum atomic E-state index is -1.50. The number of halogens is 2. The number of fused-ring (bicyclic) bond motifs is 2. The molecule has 0 radical (unpaired) electrons. The van der Waals surface area contributed by atoms with Crippen molar-refractivity contribution in [2.24, 2.45) is 5.92 Å². The van der Waals surface area contributed by atoms with E-state index in [9.17, 15) is 23.5 Å². The van der Waals surface area contributed by atoms with Gasteiger partial charge >= 0.3 is 41.5 Å². The van der Waals surface area contributed by atoms with Crippen molar-refractivity contribution in [3.63, 3.8) is 0 Å². The van der Waals surface area contributed by atoms with Gasteiger partial charge in [0, 0.05) is 18.8 Å². The van der Waals surface area contributed by atoms with Crippen molar-refractivity contribution in [3.05, 3.63) is 105 Å². The van der Waals surface area contributed by atoms with E-state index in [2.05, 4.69) is 6.08 Å². The number of rotatable bonds is 0. The van der Waals surface area contributed by atoms with Crippen molar-refractivity contribution in [1.82, 2.24) is 0 Å². The van der Waals surface area contributed by atoms with Gasteiger partial charge < -0.3 is 40.5 Å². The third-order valence-electron chi connectivity index (χ3n) is 8.58. The van der Waals surface area contributed by atoms with Crippen LogP contribution in [0.3, 0.4) is 0 Å². The molecule has 0 aromatic heterocycles. The van der Waals surface area contributed by atoms with Gasteiger partial charge in [0.05, 0.1) is 17.0 Å². The van der Waals surface area contributed by atoms with Crippen molar-refractivity contribution in [2.75, 3.05) is 0 Å². The number of aryl methyl sites for hydroxylation is 4. The normalized spacial score (nSPS) is 23.2. The molecule has 2 aromatic carbocycles. The maximum absolute atomic E-state index is 14.1. The van der Waals surface area contributed by atoms with Crippen LogP contribution >= 0.6 is 0 Å². The Morgan fingerprint density at radius 3 is 1.37 bits per heavy atom. The molecule has 332 valence electrons. The summed E-state index contributed by atoms with van der Waals surface area (Å²) in [6.45, 7) is 18.5. The summed E-state index contributed by atoms with van der Waals surface area (Å²) in [6, 6.07) is 7.92. The summed E-state index contributed by atoms with van der Waals surface area (Å²) in [4.78, 5) is 25.1. The number of allylic oxidation sites excluding steroid dienone is 3. The molecule has 2 aromatic rings. The van der Waals surface area contributed by atoms with Crippen LogP contribution < -0.4 is 29.6 Å². The maximum atomic E-state index is 14.1. The molecule has 0 bridgehead atoms. The monoisotopic (exact) mass is 854 g/mol. The van der Waals surface area contributed by atoms with Gasteiger partial charge in [0.25, 0.3) is 0 Å². The van der Waals surface area contributed by atoms with Gasteiger partial charge in [-0.05, 0) is 142 Å². The number of hydrogen-bond acceptors (Lipinski definition) is 10. The summed E-state index contributed by atoms with van der Waals surface area (Å²) < 4.78 is 38.9. The van der Waals surface area contributed by atoms with Gasteiger partial charge in [0.1, 0.15) is 24.1 Å². The summed E-state index contributed by atoms with van der Waals surface area (Å²) in [5.74, 6) is -4.47. The molecule has 0 fully saturated rings. The summed E-state index contributed by atoms with van der Waals surface area (Å²) in [6.07, 6.45) is 13.9. The van der Waals surface area contributed by atoms with Gasteiger partial charge in [-0.3, -0.25) is 0 Å². The number of carbonyl (C=O) groups excluding carboxylic acids is 2. The van der Waals surface area contributed by atoms with Crippen molar-refractivity contribution in [2.45, 2.75) is 157 Å². The van der Waals surface area contributed by atoms with Crippen LogP contribution in [-0.2, 0) is 9.47 Å². The SMILES string of the molecule is CC(C)(O)O.CC(C)(O)O.Cc1cc(C)c2c(c1)/C=C/CCCC(C)/C(F)=C\C[C@H](C)OC2=O.Cc1cc(C)c2c(c1)/C=C/CCCC(O)/C(F)=C\C[C@H](C)OC2=O.[Na+].[OH-]. The predicted molar refractivity (Wildman–Crippen MR) is 229 cm³/mol. The van der Waals surface area contributed by atoms with E-state index in [1.165, 1.54) is 33.8 Å². The third kappa shape index (κ3) is 25.7. The molecule has 2 aliphatic heterocycles. The fourth-order valence-corrected chi connectivity index (χ4v) is 5.96. The fourth-order valence-electron chi connectivity index (χ4n) is 5.96. The first-order valence-corrected chi connectivity index (χ1v) is 20.0. The van der Waals surface area contributed by atoms with E-state index in [0.29, 0.717) is 36.8 Å². The fraction of sp³-hybridized carbons (Fsp3) is 0.532. The minimum absolute atomic E-state index is 0. The second-order valence-electron chi connectivity index (χ2n) is 16.2. The number of esters is 2. The Labute approximate surface area is 378 Å². The molecule has 2 aliphatic rings. The Bertz CT molecular complexity index is 1620. The zero-order valence-electron chi connectivity index (χ0n) is 37.8. The van der Waals surface area contributed by atoms with Crippen LogP contribution in [0.4, 0.5) is 8.78 Å². The Kier molecular flexibility index (Phi) is 28.1. The molecule has 2 unspecified atom stereocenters. The molecular formula is C47H69F2NaO10. The van der Waals surface area contributed by atoms with Gasteiger partial charge in [-0.15, -0.1) is 0 Å². The molecule has 60 heavy (non-hydrogen) atoms. The number of carbonyl (C=O) groups is 2. The average molecular weight is 855 g/mol. The Hall–Kier alpha value is -3.04. The molecule has 4 atom stereocenters. The number of benzene rings is 2. The van der Waals surface area contributed by atoms with E-state index in [1.807, 2.05) is 77.1 Å². The maximum Gasteiger partial charge on any atom is 1.00 e. The van der Waals surface area contributed by atoms with Crippen LogP contribution in [0.2, 0.25) is 0 Å². The van der Waals surface area contributed by atoms with Gasteiger partial charge in [0.2, 0.25) is 0 Å². The number of aliphatic hydroxyl groups excluding tert-OH is 1. The predicted octanol–water partition coefficient (Wildman–Crippen LogP) is 6.82. The zero-order chi connectivity index (χ0) is 44.4. The second kappa shape index (κ2) is 28.5. The van der Waals surface area contributed by atoms with E-state index < -0.39 is 35.6 Å². The Balaban J connectivity index is 0. The van der Waals surface area contributed by atoms with Crippen molar-refractivity contribution in [3.8, 4) is 0 Å². The van der Waals surface area contributed by atoms with Gasteiger partial charge in [-0.25, -0.2) is 18.4 Å². The van der Waals surface area contributed by atoms with E-state index >= 15 is 0 Å². The Morgan fingerprint density at radius 2 is 0.983 bits per heavy atom. The van der Waals surface area contributed by atoms with Crippen molar-refractivity contribution >= 4 is 24.1 Å². The molecule has 0 saturated heterocycles. The molecule has 4 rings (SSSR count). The summed E-state index contributed by atoms with van der Waals surface area (Å²) >= 11 is 0. The van der Waals surface area contributed by atoms with E-state index in [4.69, 9.17) is 29.9 Å². The third-order valence-corrected chi connectivity index (χ3v) is 8.58. The standard InChI is InChI=1S/C21H27FO2.C20H25FO3.2C3H8O2.Na.H2O/c1-14-12-16(3)20-18(13-14)9-7-5-6-8-15(2)19(22)11-10-17(4)24-21(20)23;1-13-11-14(2)19-16(12-13)7-5-4-6-8-18(22)17(21)10-9-15(3)24-20(19)23;2*1-3(2,4)5;;/h7,9,11-13,15,17H,5-6,8,10H2,1-4H3;5,7,10-12,15,18,22H,4,6,8-9H2,1-3H3;2*4-5H,1-2H3;;1H2/q;;;;+1;/p-1/b9-7+,19-11+;7-5+,17-10+;;;;/t15?,17-;15-,18?;;;;/m00..../s1. The first-order chi connectivity index (χ1) is 26.8. The van der Waals surface area contributed by atoms with E-state index in [0.717, 1.165) is 52.6 Å². The molecule has 6 N–H and O–H groups in total. The molecule has 10 nitrogen and oxygen atoms in total. The quantitative estimate of drug-likeness (QED) is 0.107. The van der Waals surface area contributed by atoms with Gasteiger partial charge in [-0.1, -0.05) is 66.6 Å². The molecule has 0 saturated carbocycles. The van der Waals surface area contributed by atoms with Crippen LogP contribution in [0, 0.1) is 33.6 Å². The summed E-state index contributed by atoms with van der Waals surface area (Å²) in [7, 11) is 0. The topological polar surface area (TPSA) is 184 Å². The molecular weight excluding hydrogens is 785 g/mol. The number of cyclic esters (lactones) is 2. The molecule has 0 spiro atoms. The zero-order valence-corrected chi connectivity index (χ0v) is 39.8. The number of aliphatic hydroxyl groups is 5. The molecule has 2 heterocycles. The van der Waals surface area contributed by atoms with Gasteiger partial charge in [-0.2, -0.15) is 0 Å². The molecule has 13 heteroatoms. The number of ether oxygens (including phenoxy) is 2. The van der Waals surface area contributed by atoms with Crippen molar-refractivity contribution in [1.29, 1.82) is 0 Å². The van der Waals surface area contributed by atoms with Crippen LogP contribution in [0.15, 0.2) is 60.2 Å². The smallest absolute Gasteiger partial charge is 0.870 e. The van der Waals surface area contributed by atoms with Crippen LogP contribution in [0.1, 0.15) is 154 Å². The first-order valence-electron chi connectivity index (χ1n) is 20.0. The van der Waals surface area contributed by atoms with Crippen molar-refractivity contribution < 1.29 is 88.4 Å². The molecule has 0 amide bonds. The van der Waals surface area contributed by atoms with Crippen LogP contribution in [0.25, 0.3) is 12.2 Å². The van der Waals surface area contributed by atoms with Crippen LogP contribution in [-0.4, -0.2) is 72.8 Å². The van der Waals surface area contributed by atoms with E-state index in [-0.39, 0.29) is 65.3 Å². The largest absolute Gasteiger partial charge is 1.00 e. The van der Waals surface area contributed by atoms with Crippen LogP contribution in [0.5, 0.6) is 0 Å². The van der Waals surface area contributed by atoms with Gasteiger partial charge in [0.15, 0.2) is 11.6 Å². The second-order valence-corrected chi connectivity index (χ2v) is 16.2. The molecule has 0 aliphatic carbocycles. The first kappa shape index (κ1) is 59.1. The number of hydrogen-bond donors (Lipinski definition) is 5. The summed E-state index contributed by atoms with van der Waals surface area (Å²) in [5.41, 5.74) is 6.89. The summed E-state index contributed by atoms with van der Waals surface area (Å²) in [5, 5.41) is 42.1.